The van der Waals surface area contributed by atoms with Crippen LogP contribution in [0.15, 0.2) is 29.2 Å². The summed E-state index contributed by atoms with van der Waals surface area (Å²) in [6.45, 7) is 6.03. The predicted molar refractivity (Wildman–Crippen MR) is 78.8 cm³/mol. The maximum atomic E-state index is 11.9. The largest absolute Gasteiger partial charge is 0.351 e. The van der Waals surface area contributed by atoms with Gasteiger partial charge in [-0.3, -0.25) is 4.79 Å². The second kappa shape index (κ2) is 5.93. The van der Waals surface area contributed by atoms with Gasteiger partial charge in [-0.05, 0) is 23.1 Å². The Morgan fingerprint density at radius 2 is 1.75 bits per heavy atom. The molecule has 0 fully saturated rings. The number of carbonyl (C=O) groups is 1. The maximum absolute atomic E-state index is 11.9. The molecule has 0 saturated heterocycles. The van der Waals surface area contributed by atoms with Gasteiger partial charge in [0, 0.05) is 12.8 Å². The molecule has 0 aliphatic carbocycles. The van der Waals surface area contributed by atoms with Crippen molar-refractivity contribution in [3.63, 3.8) is 0 Å². The van der Waals surface area contributed by atoms with E-state index in [0.29, 0.717) is 6.54 Å². The Labute approximate surface area is 120 Å². The van der Waals surface area contributed by atoms with Crippen molar-refractivity contribution in [2.24, 2.45) is 11.1 Å². The monoisotopic (exact) mass is 298 g/mol. The third kappa shape index (κ3) is 4.61. The summed E-state index contributed by atoms with van der Waals surface area (Å²) in [5.74, 6) is -0.218. The van der Waals surface area contributed by atoms with Crippen LogP contribution < -0.4 is 11.1 Å². The quantitative estimate of drug-likeness (QED) is 0.870. The van der Waals surface area contributed by atoms with Gasteiger partial charge in [0.2, 0.25) is 5.91 Å². The minimum Gasteiger partial charge on any atom is -0.351 e. The van der Waals surface area contributed by atoms with Gasteiger partial charge in [0.25, 0.3) is 0 Å². The summed E-state index contributed by atoms with van der Waals surface area (Å²) < 4.78 is 22.6. The highest BCUT2D eigenvalue weighted by atomic mass is 32.2. The zero-order chi connectivity index (χ0) is 15.6. The summed E-state index contributed by atoms with van der Waals surface area (Å²) in [7, 11) is -3.19. The van der Waals surface area contributed by atoms with E-state index < -0.39 is 15.9 Å². The molecule has 1 unspecified atom stereocenters. The minimum absolute atomic E-state index is 0.218. The van der Waals surface area contributed by atoms with Crippen molar-refractivity contribution < 1.29 is 13.2 Å². The van der Waals surface area contributed by atoms with Crippen LogP contribution in [0.2, 0.25) is 0 Å². The fourth-order valence-corrected chi connectivity index (χ4v) is 2.18. The van der Waals surface area contributed by atoms with Crippen LogP contribution in [0.5, 0.6) is 0 Å². The number of hydrogen-bond donors (Lipinski definition) is 2. The molecule has 3 N–H and O–H groups in total. The van der Waals surface area contributed by atoms with Gasteiger partial charge in [0.05, 0.1) is 10.9 Å². The van der Waals surface area contributed by atoms with Crippen LogP contribution in [0.3, 0.4) is 0 Å². The second-order valence-electron chi connectivity index (χ2n) is 5.98. The molecule has 1 atom stereocenters. The SMILES string of the molecule is CC(C)(C)C(N)C(=O)NCc1ccc(S(C)(=O)=O)cc1. The fraction of sp³-hybridized carbons (Fsp3) is 0.500. The molecule has 1 amide bonds. The molecule has 20 heavy (non-hydrogen) atoms. The second-order valence-corrected chi connectivity index (χ2v) is 7.99. The summed E-state index contributed by atoms with van der Waals surface area (Å²) >= 11 is 0. The Bertz CT molecular complexity index is 571. The van der Waals surface area contributed by atoms with Crippen molar-refractivity contribution in [2.45, 2.75) is 38.3 Å². The van der Waals surface area contributed by atoms with Crippen LogP contribution in [-0.4, -0.2) is 26.6 Å². The molecule has 0 aliphatic heterocycles. The molecule has 1 aromatic rings. The minimum atomic E-state index is -3.19. The van der Waals surface area contributed by atoms with Crippen molar-refractivity contribution >= 4 is 15.7 Å². The first-order valence-electron chi connectivity index (χ1n) is 6.34. The molecule has 0 heterocycles. The number of sulfone groups is 1. The van der Waals surface area contributed by atoms with E-state index in [1.54, 1.807) is 12.1 Å². The topological polar surface area (TPSA) is 89.3 Å². The Balaban J connectivity index is 2.66. The molecule has 0 bridgehead atoms. The van der Waals surface area contributed by atoms with Crippen molar-refractivity contribution in [1.82, 2.24) is 5.32 Å². The maximum Gasteiger partial charge on any atom is 0.237 e. The van der Waals surface area contributed by atoms with Gasteiger partial charge in [0.15, 0.2) is 9.84 Å². The highest BCUT2D eigenvalue weighted by molar-refractivity contribution is 7.90. The number of hydrogen-bond acceptors (Lipinski definition) is 4. The molecule has 1 aromatic carbocycles. The van der Waals surface area contributed by atoms with Gasteiger partial charge in [-0.1, -0.05) is 32.9 Å². The Morgan fingerprint density at radius 3 is 2.15 bits per heavy atom. The normalized spacial score (nSPS) is 13.8. The number of amides is 1. The van der Waals surface area contributed by atoms with Gasteiger partial charge < -0.3 is 11.1 Å². The van der Waals surface area contributed by atoms with Crippen LogP contribution in [-0.2, 0) is 21.2 Å². The smallest absolute Gasteiger partial charge is 0.237 e. The van der Waals surface area contributed by atoms with Crippen LogP contribution in [0.4, 0.5) is 0 Å². The van der Waals surface area contributed by atoms with Crippen molar-refractivity contribution in [2.75, 3.05) is 6.26 Å². The lowest BCUT2D eigenvalue weighted by molar-refractivity contribution is -0.124. The number of nitrogens with two attached hydrogens (primary N) is 1. The molecular weight excluding hydrogens is 276 g/mol. The highest BCUT2D eigenvalue weighted by Crippen LogP contribution is 2.17. The van der Waals surface area contributed by atoms with Crippen LogP contribution >= 0.6 is 0 Å². The lowest BCUT2D eigenvalue weighted by Gasteiger charge is -2.25. The lowest BCUT2D eigenvalue weighted by Crippen LogP contribution is -2.48. The van der Waals surface area contributed by atoms with Crippen molar-refractivity contribution in [1.29, 1.82) is 0 Å². The summed E-state index contributed by atoms with van der Waals surface area (Å²) in [4.78, 5) is 12.1. The number of carbonyl (C=O) groups excluding carboxylic acids is 1. The average Bonchev–Trinajstić information content (AvgIpc) is 2.33. The number of benzene rings is 1. The number of rotatable bonds is 4. The zero-order valence-corrected chi connectivity index (χ0v) is 13.1. The van der Waals surface area contributed by atoms with Crippen molar-refractivity contribution in [3.05, 3.63) is 29.8 Å². The summed E-state index contributed by atoms with van der Waals surface area (Å²) in [6.07, 6.45) is 1.16. The zero-order valence-electron chi connectivity index (χ0n) is 12.3. The highest BCUT2D eigenvalue weighted by Gasteiger charge is 2.27. The first-order valence-corrected chi connectivity index (χ1v) is 8.23. The van der Waals surface area contributed by atoms with Gasteiger partial charge in [0.1, 0.15) is 0 Å². The average molecular weight is 298 g/mol. The third-order valence-electron chi connectivity index (χ3n) is 3.03. The van der Waals surface area contributed by atoms with E-state index in [1.165, 1.54) is 12.1 Å². The lowest BCUT2D eigenvalue weighted by atomic mass is 9.87. The Morgan fingerprint density at radius 1 is 1.25 bits per heavy atom. The standard InChI is InChI=1S/C14H22N2O3S/c1-14(2,3)12(15)13(17)16-9-10-5-7-11(8-6-10)20(4,18)19/h5-8,12H,9,15H2,1-4H3,(H,16,17). The van der Waals surface area contributed by atoms with E-state index in [4.69, 9.17) is 5.73 Å². The van der Waals surface area contributed by atoms with E-state index in [0.717, 1.165) is 11.8 Å². The van der Waals surface area contributed by atoms with E-state index in [9.17, 15) is 13.2 Å². The summed E-state index contributed by atoms with van der Waals surface area (Å²) in [5, 5.41) is 2.75. The molecule has 0 spiro atoms. The van der Waals surface area contributed by atoms with Gasteiger partial charge in [-0.2, -0.15) is 0 Å². The summed E-state index contributed by atoms with van der Waals surface area (Å²) in [6, 6.07) is 5.83. The molecule has 0 aliphatic rings. The van der Waals surface area contributed by atoms with E-state index in [-0.39, 0.29) is 16.2 Å². The molecule has 0 radical (unpaired) electrons. The molecule has 0 aromatic heterocycles. The van der Waals surface area contributed by atoms with E-state index in [1.807, 2.05) is 20.8 Å². The van der Waals surface area contributed by atoms with E-state index >= 15 is 0 Å². The number of nitrogens with one attached hydrogen (secondary N) is 1. The molecular formula is C14H22N2O3S. The van der Waals surface area contributed by atoms with E-state index in [2.05, 4.69) is 5.32 Å². The predicted octanol–water partition coefficient (Wildman–Crippen LogP) is 1.08. The first kappa shape index (κ1) is 16.7. The molecule has 6 heteroatoms. The Kier molecular flexibility index (Phi) is 4.94. The Hall–Kier alpha value is -1.40. The van der Waals surface area contributed by atoms with Gasteiger partial charge in [-0.15, -0.1) is 0 Å². The molecule has 5 nitrogen and oxygen atoms in total. The molecule has 1 rings (SSSR count). The van der Waals surface area contributed by atoms with Gasteiger partial charge in [-0.25, -0.2) is 8.42 Å². The first-order chi connectivity index (χ1) is 9.01. The third-order valence-corrected chi connectivity index (χ3v) is 4.16. The molecule has 0 saturated carbocycles. The fourth-order valence-electron chi connectivity index (χ4n) is 1.55. The molecule has 112 valence electrons. The summed E-state index contributed by atoms with van der Waals surface area (Å²) in [5.41, 5.74) is 6.37. The van der Waals surface area contributed by atoms with Crippen LogP contribution in [0.25, 0.3) is 0 Å². The van der Waals surface area contributed by atoms with Gasteiger partial charge >= 0.3 is 0 Å². The van der Waals surface area contributed by atoms with Crippen LogP contribution in [0.1, 0.15) is 26.3 Å². The van der Waals surface area contributed by atoms with Crippen LogP contribution in [0, 0.1) is 5.41 Å². The van der Waals surface area contributed by atoms with Crippen molar-refractivity contribution in [3.8, 4) is 0 Å².